The van der Waals surface area contributed by atoms with Crippen molar-refractivity contribution in [3.63, 3.8) is 0 Å². The summed E-state index contributed by atoms with van der Waals surface area (Å²) in [4.78, 5) is 33.6. The second-order valence-corrected chi connectivity index (χ2v) is 9.93. The van der Waals surface area contributed by atoms with E-state index in [0.717, 1.165) is 75.3 Å². The van der Waals surface area contributed by atoms with Crippen LogP contribution in [0.1, 0.15) is 50.6 Å². The van der Waals surface area contributed by atoms with Crippen LogP contribution in [0, 0.1) is 5.92 Å². The number of halogens is 3. The molecule has 1 aromatic carbocycles. The van der Waals surface area contributed by atoms with Gasteiger partial charge in [0.2, 0.25) is 0 Å². The maximum absolute atomic E-state index is 13.1. The van der Waals surface area contributed by atoms with E-state index < -0.39 is 17.8 Å². The monoisotopic (exact) mass is 538 g/mol. The van der Waals surface area contributed by atoms with Crippen molar-refractivity contribution >= 4 is 22.8 Å². The minimum Gasteiger partial charge on any atom is -0.481 e. The SMILES string of the molecule is O=C(O)CC1CCCCN(c2ccc(-c3nc4ccc(-c5nccc(C(F)(F)F)n5)cc4[nH]3)cn2)CCCC1. The number of anilines is 1. The first-order valence-corrected chi connectivity index (χ1v) is 13.1. The average Bonchev–Trinajstić information content (AvgIpc) is 3.35. The number of carboxylic acid groups (broad SMARTS) is 1. The zero-order valence-corrected chi connectivity index (χ0v) is 21.3. The fourth-order valence-corrected chi connectivity index (χ4v) is 5.06. The fourth-order valence-electron chi connectivity index (χ4n) is 5.06. The van der Waals surface area contributed by atoms with Gasteiger partial charge in [0.25, 0.3) is 0 Å². The van der Waals surface area contributed by atoms with Crippen LogP contribution in [0.3, 0.4) is 0 Å². The van der Waals surface area contributed by atoms with Gasteiger partial charge in [-0.15, -0.1) is 0 Å². The summed E-state index contributed by atoms with van der Waals surface area (Å²) in [6, 6.07) is 9.85. The molecule has 0 radical (unpaired) electrons. The molecule has 4 aromatic rings. The molecule has 39 heavy (non-hydrogen) atoms. The van der Waals surface area contributed by atoms with E-state index in [4.69, 9.17) is 5.11 Å². The van der Waals surface area contributed by atoms with Crippen LogP contribution in [0.25, 0.3) is 33.8 Å². The first-order valence-electron chi connectivity index (χ1n) is 13.1. The molecule has 1 saturated heterocycles. The quantitative estimate of drug-likeness (QED) is 0.305. The number of imidazole rings is 1. The van der Waals surface area contributed by atoms with Crippen LogP contribution in [0.15, 0.2) is 48.8 Å². The highest BCUT2D eigenvalue weighted by Gasteiger charge is 2.32. The van der Waals surface area contributed by atoms with Crippen molar-refractivity contribution in [2.75, 3.05) is 18.0 Å². The van der Waals surface area contributed by atoms with Gasteiger partial charge in [-0.25, -0.2) is 19.9 Å². The summed E-state index contributed by atoms with van der Waals surface area (Å²) in [5, 5.41) is 9.12. The van der Waals surface area contributed by atoms with Gasteiger partial charge in [0.1, 0.15) is 17.3 Å². The molecule has 1 aliphatic heterocycles. The van der Waals surface area contributed by atoms with Gasteiger partial charge in [-0.1, -0.05) is 12.8 Å². The minimum absolute atomic E-state index is 0.00828. The lowest BCUT2D eigenvalue weighted by atomic mass is 9.92. The highest BCUT2D eigenvalue weighted by molar-refractivity contribution is 5.83. The molecule has 5 rings (SSSR count). The molecule has 0 unspecified atom stereocenters. The minimum atomic E-state index is -4.54. The van der Waals surface area contributed by atoms with Crippen LogP contribution in [-0.4, -0.2) is 49.1 Å². The molecule has 0 aliphatic carbocycles. The van der Waals surface area contributed by atoms with Gasteiger partial charge in [0.15, 0.2) is 5.82 Å². The van der Waals surface area contributed by atoms with Gasteiger partial charge in [-0.3, -0.25) is 4.79 Å². The Labute approximate surface area is 223 Å². The number of aliphatic carboxylic acids is 1. The number of nitrogens with one attached hydrogen (secondary N) is 1. The summed E-state index contributed by atoms with van der Waals surface area (Å²) in [5.41, 5.74) is 1.59. The lowest BCUT2D eigenvalue weighted by Crippen LogP contribution is -2.27. The number of pyridine rings is 1. The zero-order valence-electron chi connectivity index (χ0n) is 21.3. The molecule has 4 heterocycles. The molecule has 1 fully saturated rings. The molecule has 204 valence electrons. The molecule has 0 bridgehead atoms. The summed E-state index contributed by atoms with van der Waals surface area (Å²) in [6.07, 6.45) is 4.45. The molecular formula is C28H29F3N6O2. The van der Waals surface area contributed by atoms with Gasteiger partial charge in [-0.2, -0.15) is 13.2 Å². The van der Waals surface area contributed by atoms with E-state index in [-0.39, 0.29) is 18.2 Å². The number of aromatic amines is 1. The molecule has 0 amide bonds. The third-order valence-corrected chi connectivity index (χ3v) is 7.08. The smallest absolute Gasteiger partial charge is 0.433 e. The van der Waals surface area contributed by atoms with Gasteiger partial charge >= 0.3 is 12.1 Å². The molecular weight excluding hydrogens is 509 g/mol. The van der Waals surface area contributed by atoms with Crippen LogP contribution in [0.2, 0.25) is 0 Å². The predicted molar refractivity (Wildman–Crippen MR) is 141 cm³/mol. The summed E-state index contributed by atoms with van der Waals surface area (Å²) >= 11 is 0. The van der Waals surface area contributed by atoms with Crippen LogP contribution in [0.4, 0.5) is 19.0 Å². The maximum Gasteiger partial charge on any atom is 0.433 e. The molecule has 0 spiro atoms. The summed E-state index contributed by atoms with van der Waals surface area (Å²) < 4.78 is 39.2. The van der Waals surface area contributed by atoms with Crippen molar-refractivity contribution in [3.05, 3.63) is 54.5 Å². The number of hydrogen-bond acceptors (Lipinski definition) is 6. The lowest BCUT2D eigenvalue weighted by molar-refractivity contribution is -0.141. The number of fused-ring (bicyclic) bond motifs is 1. The second-order valence-electron chi connectivity index (χ2n) is 9.93. The first kappa shape index (κ1) is 26.6. The molecule has 1 aliphatic rings. The Bertz CT molecular complexity index is 1430. The molecule has 3 aromatic heterocycles. The van der Waals surface area contributed by atoms with Crippen molar-refractivity contribution < 1.29 is 23.1 Å². The molecule has 11 heteroatoms. The van der Waals surface area contributed by atoms with Gasteiger partial charge in [0.05, 0.1) is 11.0 Å². The van der Waals surface area contributed by atoms with Gasteiger partial charge in [0, 0.05) is 43.0 Å². The third kappa shape index (κ3) is 6.52. The molecule has 8 nitrogen and oxygen atoms in total. The number of H-pyrrole nitrogens is 1. The number of benzene rings is 1. The number of alkyl halides is 3. The highest BCUT2D eigenvalue weighted by atomic mass is 19.4. The Kier molecular flexibility index (Phi) is 7.76. The van der Waals surface area contributed by atoms with Crippen molar-refractivity contribution in [2.24, 2.45) is 5.92 Å². The topological polar surface area (TPSA) is 108 Å². The summed E-state index contributed by atoms with van der Waals surface area (Å²) in [7, 11) is 0. The Morgan fingerprint density at radius 3 is 2.38 bits per heavy atom. The van der Waals surface area contributed by atoms with Crippen LogP contribution >= 0.6 is 0 Å². The second kappa shape index (κ2) is 11.4. The average molecular weight is 539 g/mol. The summed E-state index contributed by atoms with van der Waals surface area (Å²) in [5.74, 6) is 1.05. The number of hydrogen-bond donors (Lipinski definition) is 2. The summed E-state index contributed by atoms with van der Waals surface area (Å²) in [6.45, 7) is 1.74. The van der Waals surface area contributed by atoms with E-state index in [1.54, 1.807) is 24.4 Å². The Morgan fingerprint density at radius 1 is 0.974 bits per heavy atom. The predicted octanol–water partition coefficient (Wildman–Crippen LogP) is 6.35. The number of aromatic nitrogens is 5. The van der Waals surface area contributed by atoms with Gasteiger partial charge in [-0.05, 0) is 68.0 Å². The van der Waals surface area contributed by atoms with Crippen LogP contribution in [0.5, 0.6) is 0 Å². The fraction of sp³-hybridized carbons (Fsp3) is 0.393. The van der Waals surface area contributed by atoms with Crippen LogP contribution < -0.4 is 4.90 Å². The van der Waals surface area contributed by atoms with E-state index in [0.29, 0.717) is 22.4 Å². The largest absolute Gasteiger partial charge is 0.481 e. The Morgan fingerprint density at radius 2 is 1.72 bits per heavy atom. The van der Waals surface area contributed by atoms with E-state index in [9.17, 15) is 18.0 Å². The Hall–Kier alpha value is -4.02. The highest BCUT2D eigenvalue weighted by Crippen LogP contribution is 2.30. The maximum atomic E-state index is 13.1. The molecule has 2 N–H and O–H groups in total. The number of carboxylic acids is 1. The van der Waals surface area contributed by atoms with E-state index in [2.05, 4.69) is 29.8 Å². The molecule has 0 atom stereocenters. The van der Waals surface area contributed by atoms with Crippen molar-refractivity contribution in [2.45, 2.75) is 51.1 Å². The van der Waals surface area contributed by atoms with E-state index in [1.807, 2.05) is 12.1 Å². The van der Waals surface area contributed by atoms with Crippen molar-refractivity contribution in [1.82, 2.24) is 24.9 Å². The van der Waals surface area contributed by atoms with E-state index in [1.165, 1.54) is 0 Å². The Balaban J connectivity index is 1.29. The number of nitrogens with zero attached hydrogens (tertiary/aromatic N) is 5. The number of carbonyl (C=O) groups is 1. The third-order valence-electron chi connectivity index (χ3n) is 7.08. The van der Waals surface area contributed by atoms with Gasteiger partial charge < -0.3 is 15.0 Å². The standard InChI is InChI=1S/C28H29F3N6O2/c29-28(30,31)23-11-12-32-26(36-23)19-7-9-21-22(16-19)35-27(34-21)20-8-10-24(33-17-20)37-13-3-1-5-18(15-25(38)39)6-2-4-14-37/h7-12,16-18H,1-6,13-15H2,(H,34,35)(H,38,39). The van der Waals surface area contributed by atoms with Crippen molar-refractivity contribution in [1.29, 1.82) is 0 Å². The van der Waals surface area contributed by atoms with E-state index >= 15 is 0 Å². The number of rotatable bonds is 5. The lowest BCUT2D eigenvalue weighted by Gasteiger charge is -2.26. The van der Waals surface area contributed by atoms with Crippen LogP contribution in [-0.2, 0) is 11.0 Å². The molecule has 0 saturated carbocycles. The first-order chi connectivity index (χ1) is 18.8. The normalized spacial score (nSPS) is 15.9. The zero-order chi connectivity index (χ0) is 27.4. The van der Waals surface area contributed by atoms with Crippen molar-refractivity contribution in [3.8, 4) is 22.8 Å².